The molecule has 0 aromatic heterocycles. The third-order valence-corrected chi connectivity index (χ3v) is 4.72. The fourth-order valence-electron chi connectivity index (χ4n) is 2.26. The molecule has 1 fully saturated rings. The van der Waals surface area contributed by atoms with Crippen LogP contribution in [0.15, 0.2) is 24.3 Å². The van der Waals surface area contributed by atoms with E-state index in [1.54, 1.807) is 0 Å². The van der Waals surface area contributed by atoms with Gasteiger partial charge in [-0.25, -0.2) is 0 Å². The van der Waals surface area contributed by atoms with Gasteiger partial charge in [0.05, 0.1) is 0 Å². The number of thioether (sulfide) groups is 1. The average molecular weight is 275 g/mol. The lowest BCUT2D eigenvalue weighted by Crippen LogP contribution is -2.36. The van der Waals surface area contributed by atoms with Gasteiger partial charge in [-0.1, -0.05) is 30.9 Å². The molecule has 1 aliphatic heterocycles. The lowest BCUT2D eigenvalue weighted by Gasteiger charge is -2.31. The standard InChI is InChI=1S/C16H21NOS/c1-2-16-13-17(9-11-19-16)12-15-7-5-14(6-8-15)4-3-10-18/h5-8,16,18H,2,9-13H2,1H3. The molecule has 0 aliphatic carbocycles. The number of aliphatic hydroxyl groups is 1. The van der Waals surface area contributed by atoms with Crippen molar-refractivity contribution >= 4 is 11.8 Å². The summed E-state index contributed by atoms with van der Waals surface area (Å²) in [6, 6.07) is 8.36. The highest BCUT2D eigenvalue weighted by molar-refractivity contribution is 8.00. The zero-order valence-electron chi connectivity index (χ0n) is 11.4. The van der Waals surface area contributed by atoms with E-state index in [-0.39, 0.29) is 6.61 Å². The topological polar surface area (TPSA) is 23.5 Å². The van der Waals surface area contributed by atoms with E-state index in [1.165, 1.54) is 30.8 Å². The highest BCUT2D eigenvalue weighted by atomic mass is 32.2. The molecule has 0 spiro atoms. The molecule has 1 heterocycles. The van der Waals surface area contributed by atoms with E-state index in [4.69, 9.17) is 5.11 Å². The van der Waals surface area contributed by atoms with Gasteiger partial charge >= 0.3 is 0 Å². The molecule has 19 heavy (non-hydrogen) atoms. The summed E-state index contributed by atoms with van der Waals surface area (Å²) in [5.41, 5.74) is 2.31. The summed E-state index contributed by atoms with van der Waals surface area (Å²) in [4.78, 5) is 2.54. The first-order valence-electron chi connectivity index (χ1n) is 6.84. The Morgan fingerprint density at radius 3 is 2.84 bits per heavy atom. The van der Waals surface area contributed by atoms with Gasteiger partial charge in [-0.15, -0.1) is 0 Å². The summed E-state index contributed by atoms with van der Waals surface area (Å²) >= 11 is 2.11. The molecule has 0 saturated carbocycles. The minimum atomic E-state index is -0.0778. The number of nitrogens with zero attached hydrogens (tertiary/aromatic N) is 1. The van der Waals surface area contributed by atoms with Gasteiger partial charge in [0.25, 0.3) is 0 Å². The fraction of sp³-hybridized carbons (Fsp3) is 0.500. The Kier molecular flexibility index (Phi) is 5.78. The molecule has 1 atom stereocenters. The first-order chi connectivity index (χ1) is 9.31. The number of hydrogen-bond donors (Lipinski definition) is 1. The van der Waals surface area contributed by atoms with Crippen molar-refractivity contribution in [2.45, 2.75) is 25.1 Å². The normalized spacial score (nSPS) is 19.8. The maximum absolute atomic E-state index is 8.66. The maximum Gasteiger partial charge on any atom is 0.104 e. The van der Waals surface area contributed by atoms with Crippen molar-refractivity contribution in [2.24, 2.45) is 0 Å². The molecule has 1 N–H and O–H groups in total. The van der Waals surface area contributed by atoms with Gasteiger partial charge in [0.2, 0.25) is 0 Å². The molecule has 3 heteroatoms. The van der Waals surface area contributed by atoms with Crippen molar-refractivity contribution in [2.75, 3.05) is 25.4 Å². The van der Waals surface area contributed by atoms with Gasteiger partial charge in [-0.2, -0.15) is 11.8 Å². The van der Waals surface area contributed by atoms with Crippen LogP contribution in [0, 0.1) is 11.8 Å². The van der Waals surface area contributed by atoms with E-state index in [0.717, 1.165) is 17.4 Å². The van der Waals surface area contributed by atoms with Crippen molar-refractivity contribution in [3.8, 4) is 11.8 Å². The summed E-state index contributed by atoms with van der Waals surface area (Å²) < 4.78 is 0. The molecule has 2 nitrogen and oxygen atoms in total. The molecule has 1 aliphatic rings. The smallest absolute Gasteiger partial charge is 0.104 e. The summed E-state index contributed by atoms with van der Waals surface area (Å²) in [7, 11) is 0. The SMILES string of the molecule is CCC1CN(Cc2ccc(C#CCO)cc2)CCS1. The van der Waals surface area contributed by atoms with Crippen LogP contribution in [0.4, 0.5) is 0 Å². The third kappa shape index (κ3) is 4.58. The number of aliphatic hydroxyl groups excluding tert-OH is 1. The molecular formula is C16H21NOS. The van der Waals surface area contributed by atoms with E-state index in [1.807, 2.05) is 12.1 Å². The van der Waals surface area contributed by atoms with Gasteiger partial charge in [-0.3, -0.25) is 4.90 Å². The summed E-state index contributed by atoms with van der Waals surface area (Å²) in [5, 5.41) is 9.46. The Balaban J connectivity index is 1.92. The van der Waals surface area contributed by atoms with Gasteiger partial charge < -0.3 is 5.11 Å². The highest BCUT2D eigenvalue weighted by Gasteiger charge is 2.18. The second-order valence-electron chi connectivity index (χ2n) is 4.79. The van der Waals surface area contributed by atoms with Crippen LogP contribution in [0.5, 0.6) is 0 Å². The van der Waals surface area contributed by atoms with Crippen LogP contribution in [0.3, 0.4) is 0 Å². The maximum atomic E-state index is 8.66. The van der Waals surface area contributed by atoms with E-state index in [0.29, 0.717) is 0 Å². The van der Waals surface area contributed by atoms with Crippen molar-refractivity contribution < 1.29 is 5.11 Å². The van der Waals surface area contributed by atoms with Crippen LogP contribution < -0.4 is 0 Å². The van der Waals surface area contributed by atoms with Crippen LogP contribution in [-0.4, -0.2) is 40.7 Å². The Bertz CT molecular complexity index is 446. The predicted octanol–water partition coefficient (Wildman–Crippen LogP) is 2.36. The lowest BCUT2D eigenvalue weighted by molar-refractivity contribution is 0.273. The molecule has 102 valence electrons. The third-order valence-electron chi connectivity index (χ3n) is 3.35. The first-order valence-corrected chi connectivity index (χ1v) is 7.89. The number of benzene rings is 1. The molecule has 0 radical (unpaired) electrons. The summed E-state index contributed by atoms with van der Waals surface area (Å²) in [6.07, 6.45) is 1.26. The molecule has 1 aromatic carbocycles. The van der Waals surface area contributed by atoms with Gasteiger partial charge in [-0.05, 0) is 24.1 Å². The first kappa shape index (κ1) is 14.5. The predicted molar refractivity (Wildman–Crippen MR) is 82.2 cm³/mol. The lowest BCUT2D eigenvalue weighted by atomic mass is 10.1. The van der Waals surface area contributed by atoms with E-state index < -0.39 is 0 Å². The number of rotatable bonds is 3. The Morgan fingerprint density at radius 2 is 2.16 bits per heavy atom. The zero-order valence-corrected chi connectivity index (χ0v) is 12.2. The van der Waals surface area contributed by atoms with Crippen LogP contribution in [0.1, 0.15) is 24.5 Å². The second-order valence-corrected chi connectivity index (χ2v) is 6.20. The minimum Gasteiger partial charge on any atom is -0.384 e. The monoisotopic (exact) mass is 275 g/mol. The Labute approximate surface area is 120 Å². The van der Waals surface area contributed by atoms with Crippen molar-refractivity contribution in [1.82, 2.24) is 4.90 Å². The van der Waals surface area contributed by atoms with Crippen LogP contribution in [-0.2, 0) is 6.54 Å². The molecule has 1 unspecified atom stereocenters. The van der Waals surface area contributed by atoms with Gasteiger partial charge in [0.15, 0.2) is 0 Å². The summed E-state index contributed by atoms with van der Waals surface area (Å²) in [6.45, 7) is 5.62. The molecule has 0 bridgehead atoms. The van der Waals surface area contributed by atoms with Gasteiger partial charge in [0.1, 0.15) is 6.61 Å². The van der Waals surface area contributed by atoms with Crippen molar-refractivity contribution in [3.63, 3.8) is 0 Å². The van der Waals surface area contributed by atoms with Crippen LogP contribution in [0.2, 0.25) is 0 Å². The molecule has 2 rings (SSSR count). The molecule has 1 saturated heterocycles. The highest BCUT2D eigenvalue weighted by Crippen LogP contribution is 2.22. The van der Waals surface area contributed by atoms with Crippen molar-refractivity contribution in [3.05, 3.63) is 35.4 Å². The molecule has 0 amide bonds. The zero-order chi connectivity index (χ0) is 13.5. The molecule has 1 aromatic rings. The largest absolute Gasteiger partial charge is 0.384 e. The van der Waals surface area contributed by atoms with Crippen LogP contribution in [0.25, 0.3) is 0 Å². The minimum absolute atomic E-state index is 0.0778. The molecular weight excluding hydrogens is 254 g/mol. The fourth-order valence-corrected chi connectivity index (χ4v) is 3.51. The van der Waals surface area contributed by atoms with E-state index in [9.17, 15) is 0 Å². The van der Waals surface area contributed by atoms with E-state index in [2.05, 4.69) is 47.6 Å². The Hall–Kier alpha value is -0.950. The second kappa shape index (κ2) is 7.59. The van der Waals surface area contributed by atoms with Gasteiger partial charge in [0, 0.05) is 36.2 Å². The van der Waals surface area contributed by atoms with E-state index >= 15 is 0 Å². The quantitative estimate of drug-likeness (QED) is 0.857. The number of hydrogen-bond acceptors (Lipinski definition) is 3. The van der Waals surface area contributed by atoms with Crippen molar-refractivity contribution in [1.29, 1.82) is 0 Å². The average Bonchev–Trinajstić information content (AvgIpc) is 2.47. The van der Waals surface area contributed by atoms with Crippen LogP contribution >= 0.6 is 11.8 Å². The Morgan fingerprint density at radius 1 is 1.37 bits per heavy atom. The summed E-state index contributed by atoms with van der Waals surface area (Å²) in [5.74, 6) is 6.84.